The molecule has 0 saturated carbocycles. The molecule has 1 atom stereocenters. The van der Waals surface area contributed by atoms with Crippen LogP contribution in [0.4, 0.5) is 4.39 Å². The Bertz CT molecular complexity index is 535. The zero-order chi connectivity index (χ0) is 15.4. The maximum absolute atomic E-state index is 12.9. The van der Waals surface area contributed by atoms with Crippen molar-refractivity contribution in [2.75, 3.05) is 26.2 Å². The summed E-state index contributed by atoms with van der Waals surface area (Å²) in [6.45, 7) is 4.20. The fourth-order valence-electron chi connectivity index (χ4n) is 3.42. The van der Waals surface area contributed by atoms with Crippen molar-refractivity contribution in [1.29, 1.82) is 0 Å². The molecule has 3 nitrogen and oxygen atoms in total. The van der Waals surface area contributed by atoms with Gasteiger partial charge < -0.3 is 9.80 Å². The number of halogens is 1. The molecule has 2 fully saturated rings. The van der Waals surface area contributed by atoms with Crippen molar-refractivity contribution in [1.82, 2.24) is 9.80 Å². The fraction of sp³-hybridized carbons (Fsp3) is 0.500. The summed E-state index contributed by atoms with van der Waals surface area (Å²) >= 11 is 0. The van der Waals surface area contributed by atoms with Gasteiger partial charge in [-0.05, 0) is 62.5 Å². The van der Waals surface area contributed by atoms with Crippen LogP contribution in [-0.4, -0.2) is 47.9 Å². The van der Waals surface area contributed by atoms with Crippen LogP contribution in [0, 0.1) is 5.82 Å². The van der Waals surface area contributed by atoms with Crippen LogP contribution in [0.3, 0.4) is 0 Å². The Hall–Kier alpha value is -1.68. The minimum Gasteiger partial charge on any atom is -0.335 e. The number of carbonyl (C=O) groups excluding carboxylic acids is 1. The largest absolute Gasteiger partial charge is 0.335 e. The number of carbonyl (C=O) groups is 1. The van der Waals surface area contributed by atoms with Gasteiger partial charge in [-0.15, -0.1) is 0 Å². The predicted octanol–water partition coefficient (Wildman–Crippen LogP) is 2.93. The summed E-state index contributed by atoms with van der Waals surface area (Å²) in [7, 11) is 0. The van der Waals surface area contributed by atoms with Crippen molar-refractivity contribution in [3.05, 3.63) is 41.7 Å². The lowest BCUT2D eigenvalue weighted by Gasteiger charge is -2.27. The van der Waals surface area contributed by atoms with Crippen LogP contribution < -0.4 is 0 Å². The maximum atomic E-state index is 12.9. The lowest BCUT2D eigenvalue weighted by Crippen LogP contribution is -2.41. The lowest BCUT2D eigenvalue weighted by atomic mass is 10.2. The molecule has 0 aliphatic carbocycles. The zero-order valence-corrected chi connectivity index (χ0v) is 12.9. The van der Waals surface area contributed by atoms with Gasteiger partial charge in [0.15, 0.2) is 0 Å². The molecule has 3 rings (SSSR count). The Morgan fingerprint density at radius 1 is 1.14 bits per heavy atom. The van der Waals surface area contributed by atoms with Gasteiger partial charge in [-0.25, -0.2) is 4.39 Å². The number of likely N-dealkylation sites (tertiary alicyclic amines) is 2. The molecule has 2 aliphatic heterocycles. The van der Waals surface area contributed by atoms with Crippen molar-refractivity contribution >= 4 is 12.0 Å². The summed E-state index contributed by atoms with van der Waals surface area (Å²) in [5.74, 6) is -0.181. The number of nitrogens with zero attached hydrogens (tertiary/aromatic N) is 2. The van der Waals surface area contributed by atoms with E-state index in [9.17, 15) is 9.18 Å². The summed E-state index contributed by atoms with van der Waals surface area (Å²) < 4.78 is 12.9. The van der Waals surface area contributed by atoms with E-state index in [2.05, 4.69) is 4.90 Å². The van der Waals surface area contributed by atoms with Gasteiger partial charge >= 0.3 is 0 Å². The SMILES string of the molecule is O=C(/C=C/c1ccc(F)cc1)N1CCCC1CN1CCCC1. The van der Waals surface area contributed by atoms with Gasteiger partial charge in [0.25, 0.3) is 0 Å². The third-order valence-corrected chi connectivity index (χ3v) is 4.62. The van der Waals surface area contributed by atoms with E-state index in [1.807, 2.05) is 4.90 Å². The summed E-state index contributed by atoms with van der Waals surface area (Å²) in [6, 6.07) is 6.55. The Balaban J connectivity index is 1.59. The second kappa shape index (κ2) is 7.05. The molecule has 1 aromatic rings. The summed E-state index contributed by atoms with van der Waals surface area (Å²) in [5, 5.41) is 0. The molecule has 1 aromatic carbocycles. The first-order valence-electron chi connectivity index (χ1n) is 8.19. The van der Waals surface area contributed by atoms with Gasteiger partial charge in [0.1, 0.15) is 5.82 Å². The van der Waals surface area contributed by atoms with Gasteiger partial charge in [0, 0.05) is 25.2 Å². The number of benzene rings is 1. The second-order valence-electron chi connectivity index (χ2n) is 6.22. The molecular weight excluding hydrogens is 279 g/mol. The van der Waals surface area contributed by atoms with Crippen molar-refractivity contribution in [3.8, 4) is 0 Å². The lowest BCUT2D eigenvalue weighted by molar-refractivity contribution is -0.127. The molecule has 0 radical (unpaired) electrons. The van der Waals surface area contributed by atoms with Crippen LogP contribution in [0.5, 0.6) is 0 Å². The molecule has 22 heavy (non-hydrogen) atoms. The van der Waals surface area contributed by atoms with Crippen molar-refractivity contribution in [3.63, 3.8) is 0 Å². The molecule has 0 bridgehead atoms. The van der Waals surface area contributed by atoms with Gasteiger partial charge in [-0.2, -0.15) is 0 Å². The number of hydrogen-bond acceptors (Lipinski definition) is 2. The van der Waals surface area contributed by atoms with Crippen molar-refractivity contribution in [2.45, 2.75) is 31.7 Å². The molecule has 0 aromatic heterocycles. The molecule has 0 N–H and O–H groups in total. The normalized spacial score (nSPS) is 22.8. The Labute approximate surface area is 131 Å². The van der Waals surface area contributed by atoms with E-state index in [0.29, 0.717) is 6.04 Å². The minimum absolute atomic E-state index is 0.0750. The Morgan fingerprint density at radius 2 is 1.86 bits per heavy atom. The minimum atomic E-state index is -0.256. The van der Waals surface area contributed by atoms with E-state index < -0.39 is 0 Å². The van der Waals surface area contributed by atoms with E-state index in [0.717, 1.165) is 31.5 Å². The van der Waals surface area contributed by atoms with Gasteiger partial charge in [0.05, 0.1) is 0 Å². The average Bonchev–Trinajstić information content (AvgIpc) is 3.19. The molecule has 2 saturated heterocycles. The van der Waals surface area contributed by atoms with Crippen LogP contribution in [0.1, 0.15) is 31.2 Å². The molecule has 0 spiro atoms. The van der Waals surface area contributed by atoms with Crippen LogP contribution in [0.2, 0.25) is 0 Å². The van der Waals surface area contributed by atoms with E-state index in [-0.39, 0.29) is 11.7 Å². The highest BCUT2D eigenvalue weighted by molar-refractivity contribution is 5.92. The zero-order valence-electron chi connectivity index (χ0n) is 12.9. The molecule has 1 amide bonds. The first-order chi connectivity index (χ1) is 10.7. The Morgan fingerprint density at radius 3 is 2.59 bits per heavy atom. The third-order valence-electron chi connectivity index (χ3n) is 4.62. The topological polar surface area (TPSA) is 23.6 Å². The van der Waals surface area contributed by atoms with Crippen LogP contribution in [-0.2, 0) is 4.79 Å². The van der Waals surface area contributed by atoms with Crippen LogP contribution in [0.25, 0.3) is 6.08 Å². The molecule has 2 aliphatic rings. The standard InChI is InChI=1S/C18H23FN2O/c19-16-8-5-15(6-9-16)7-10-18(22)21-13-3-4-17(21)14-20-11-1-2-12-20/h5-10,17H,1-4,11-14H2/b10-7+. The predicted molar refractivity (Wildman–Crippen MR) is 85.8 cm³/mol. The van der Waals surface area contributed by atoms with Crippen LogP contribution >= 0.6 is 0 Å². The number of amides is 1. The highest BCUT2D eigenvalue weighted by Crippen LogP contribution is 2.21. The van der Waals surface area contributed by atoms with E-state index in [4.69, 9.17) is 0 Å². The second-order valence-corrected chi connectivity index (χ2v) is 6.22. The quantitative estimate of drug-likeness (QED) is 0.798. The third kappa shape index (κ3) is 3.74. The first kappa shape index (κ1) is 15.2. The van der Waals surface area contributed by atoms with Gasteiger partial charge in [-0.1, -0.05) is 12.1 Å². The molecular formula is C18H23FN2O. The summed E-state index contributed by atoms with van der Waals surface area (Å²) in [6.07, 6.45) is 8.15. The average molecular weight is 302 g/mol. The van der Waals surface area contributed by atoms with E-state index >= 15 is 0 Å². The van der Waals surface area contributed by atoms with Gasteiger partial charge in [-0.3, -0.25) is 4.79 Å². The number of rotatable bonds is 4. The van der Waals surface area contributed by atoms with Crippen molar-refractivity contribution < 1.29 is 9.18 Å². The highest BCUT2D eigenvalue weighted by atomic mass is 19.1. The van der Waals surface area contributed by atoms with Crippen LogP contribution in [0.15, 0.2) is 30.3 Å². The number of hydrogen-bond donors (Lipinski definition) is 0. The molecule has 1 unspecified atom stereocenters. The van der Waals surface area contributed by atoms with E-state index in [1.165, 1.54) is 38.1 Å². The van der Waals surface area contributed by atoms with Crippen molar-refractivity contribution in [2.24, 2.45) is 0 Å². The van der Waals surface area contributed by atoms with Gasteiger partial charge in [0.2, 0.25) is 5.91 Å². The smallest absolute Gasteiger partial charge is 0.246 e. The highest BCUT2D eigenvalue weighted by Gasteiger charge is 2.29. The molecule has 4 heteroatoms. The maximum Gasteiger partial charge on any atom is 0.246 e. The monoisotopic (exact) mass is 302 g/mol. The molecule has 2 heterocycles. The van der Waals surface area contributed by atoms with E-state index in [1.54, 1.807) is 24.3 Å². The summed E-state index contributed by atoms with van der Waals surface area (Å²) in [4.78, 5) is 16.9. The summed E-state index contributed by atoms with van der Waals surface area (Å²) in [5.41, 5.74) is 0.852. The molecule has 118 valence electrons. The Kier molecular flexibility index (Phi) is 4.88. The first-order valence-corrected chi connectivity index (χ1v) is 8.19. The fourth-order valence-corrected chi connectivity index (χ4v) is 3.42.